The molecule has 3 unspecified atom stereocenters. The maximum absolute atomic E-state index is 14.4. The van der Waals surface area contributed by atoms with Crippen molar-refractivity contribution in [3.63, 3.8) is 0 Å². The number of carbonyl (C=O) groups excluding carboxylic acids is 2. The number of hydrogen-bond donors (Lipinski definition) is 1. The zero-order chi connectivity index (χ0) is 24.8. The summed E-state index contributed by atoms with van der Waals surface area (Å²) in [6.45, 7) is 4.89. The summed E-state index contributed by atoms with van der Waals surface area (Å²) in [6.07, 6.45) is 4.91. The quantitative estimate of drug-likeness (QED) is 0.490. The molecule has 2 amide bonds. The number of nitrogens with zero attached hydrogens (tertiary/aromatic N) is 3. The van der Waals surface area contributed by atoms with E-state index in [1.807, 2.05) is 53.2 Å². The first-order chi connectivity index (χ1) is 16.9. The minimum absolute atomic E-state index is 0.0207. The Labute approximate surface area is 206 Å². The maximum atomic E-state index is 14.4. The van der Waals surface area contributed by atoms with Crippen molar-refractivity contribution in [2.45, 2.75) is 63.8 Å². The van der Waals surface area contributed by atoms with Gasteiger partial charge in [0.25, 0.3) is 0 Å². The molecule has 4 rings (SSSR count). The summed E-state index contributed by atoms with van der Waals surface area (Å²) in [5.74, 6) is -0.111. The summed E-state index contributed by atoms with van der Waals surface area (Å²) in [5.41, 5.74) is 3.10. The van der Waals surface area contributed by atoms with Crippen LogP contribution in [-0.2, 0) is 16.1 Å². The van der Waals surface area contributed by atoms with Crippen LogP contribution < -0.4 is 5.32 Å². The van der Waals surface area contributed by atoms with Gasteiger partial charge in [0, 0.05) is 31.8 Å². The van der Waals surface area contributed by atoms with Crippen LogP contribution in [0.3, 0.4) is 0 Å². The molecule has 1 aliphatic heterocycles. The average molecular weight is 477 g/mol. The van der Waals surface area contributed by atoms with Gasteiger partial charge < -0.3 is 14.8 Å². The average Bonchev–Trinajstić information content (AvgIpc) is 3.53. The number of hydrogen-bond acceptors (Lipinski definition) is 3. The number of aromatic nitrogens is 2. The normalized spacial score (nSPS) is 18.6. The summed E-state index contributed by atoms with van der Waals surface area (Å²) in [7, 11) is 0. The third-order valence-electron chi connectivity index (χ3n) is 6.60. The molecule has 1 fully saturated rings. The standard InChI is InChI=1S/C28H33FN4O2/c1-20(2)21-10-12-23(13-11-21)27(22-7-4-3-5-8-22)31-28(35)25-17-24(29)18-33(25)26(34)9-6-15-32-16-14-30-19-32/h3-5,7-8,10-14,16,19-20,24-25,27H,6,9,15,17-18H2,1-2H3,(H,31,35). The zero-order valence-corrected chi connectivity index (χ0v) is 20.3. The third-order valence-corrected chi connectivity index (χ3v) is 6.60. The second-order valence-electron chi connectivity index (χ2n) is 9.47. The zero-order valence-electron chi connectivity index (χ0n) is 20.3. The number of halogens is 1. The SMILES string of the molecule is CC(C)c1ccc(C(NC(=O)C2CC(F)CN2C(=O)CCCn2ccnc2)c2ccccc2)cc1. The van der Waals surface area contributed by atoms with Crippen LogP contribution in [0.15, 0.2) is 73.3 Å². The number of likely N-dealkylation sites (tertiary alicyclic amines) is 1. The molecule has 0 saturated carbocycles. The van der Waals surface area contributed by atoms with E-state index >= 15 is 0 Å². The maximum Gasteiger partial charge on any atom is 0.243 e. The molecule has 0 bridgehead atoms. The predicted octanol–water partition coefficient (Wildman–Crippen LogP) is 4.63. The molecule has 1 saturated heterocycles. The Hall–Kier alpha value is -3.48. The lowest BCUT2D eigenvalue weighted by Gasteiger charge is -2.27. The van der Waals surface area contributed by atoms with Crippen LogP contribution in [-0.4, -0.2) is 45.0 Å². The van der Waals surface area contributed by atoms with E-state index in [9.17, 15) is 14.0 Å². The summed E-state index contributed by atoms with van der Waals surface area (Å²) in [4.78, 5) is 31.7. The van der Waals surface area contributed by atoms with Gasteiger partial charge in [-0.05, 0) is 29.0 Å². The van der Waals surface area contributed by atoms with Crippen LogP contribution in [0, 0.1) is 0 Å². The lowest BCUT2D eigenvalue weighted by Crippen LogP contribution is -2.47. The molecule has 0 aliphatic carbocycles. The van der Waals surface area contributed by atoms with E-state index in [0.29, 0.717) is 18.9 Å². The molecule has 184 valence electrons. The highest BCUT2D eigenvalue weighted by molar-refractivity contribution is 5.89. The van der Waals surface area contributed by atoms with E-state index < -0.39 is 12.2 Å². The Morgan fingerprint density at radius 3 is 2.40 bits per heavy atom. The summed E-state index contributed by atoms with van der Waals surface area (Å²) in [5, 5.41) is 3.11. The molecular formula is C28H33FN4O2. The van der Waals surface area contributed by atoms with Crippen molar-refractivity contribution in [3.05, 3.63) is 90.0 Å². The molecule has 7 heteroatoms. The molecule has 2 heterocycles. The number of imidazole rings is 1. The van der Waals surface area contributed by atoms with E-state index in [0.717, 1.165) is 11.1 Å². The lowest BCUT2D eigenvalue weighted by atomic mass is 9.95. The molecule has 6 nitrogen and oxygen atoms in total. The number of benzene rings is 2. The fraction of sp³-hybridized carbons (Fsp3) is 0.393. The molecule has 3 aromatic rings. The number of alkyl halides is 1. The Bertz CT molecular complexity index is 1100. The Morgan fingerprint density at radius 1 is 1.06 bits per heavy atom. The number of aryl methyl sites for hydroxylation is 1. The van der Waals surface area contributed by atoms with Gasteiger partial charge in [0.2, 0.25) is 11.8 Å². The van der Waals surface area contributed by atoms with Crippen LogP contribution in [0.1, 0.15) is 61.8 Å². The van der Waals surface area contributed by atoms with Crippen LogP contribution in [0.2, 0.25) is 0 Å². The van der Waals surface area contributed by atoms with Gasteiger partial charge in [-0.2, -0.15) is 0 Å². The molecule has 0 spiro atoms. The van der Waals surface area contributed by atoms with Crippen molar-refractivity contribution in [1.82, 2.24) is 19.8 Å². The summed E-state index contributed by atoms with van der Waals surface area (Å²) < 4.78 is 16.3. The Morgan fingerprint density at radius 2 is 1.74 bits per heavy atom. The van der Waals surface area contributed by atoms with Crippen LogP contribution in [0.25, 0.3) is 0 Å². The van der Waals surface area contributed by atoms with Crippen molar-refractivity contribution in [1.29, 1.82) is 0 Å². The fourth-order valence-electron chi connectivity index (χ4n) is 4.60. The van der Waals surface area contributed by atoms with Gasteiger partial charge >= 0.3 is 0 Å². The highest BCUT2D eigenvalue weighted by atomic mass is 19.1. The van der Waals surface area contributed by atoms with Gasteiger partial charge in [-0.25, -0.2) is 9.37 Å². The summed E-state index contributed by atoms with van der Waals surface area (Å²) in [6, 6.07) is 16.7. The van der Waals surface area contributed by atoms with E-state index in [4.69, 9.17) is 0 Å². The van der Waals surface area contributed by atoms with E-state index in [1.165, 1.54) is 10.5 Å². The molecular weight excluding hydrogens is 443 g/mol. The first kappa shape index (κ1) is 24.6. The molecule has 2 aromatic carbocycles. The molecule has 1 N–H and O–H groups in total. The van der Waals surface area contributed by atoms with Crippen molar-refractivity contribution in [2.24, 2.45) is 0 Å². The van der Waals surface area contributed by atoms with Gasteiger partial charge in [0.15, 0.2) is 0 Å². The van der Waals surface area contributed by atoms with Gasteiger partial charge in [0.05, 0.1) is 18.9 Å². The van der Waals surface area contributed by atoms with Crippen molar-refractivity contribution >= 4 is 11.8 Å². The van der Waals surface area contributed by atoms with E-state index in [2.05, 4.69) is 36.3 Å². The molecule has 1 aromatic heterocycles. The van der Waals surface area contributed by atoms with Gasteiger partial charge in [-0.3, -0.25) is 9.59 Å². The highest BCUT2D eigenvalue weighted by Gasteiger charge is 2.40. The largest absolute Gasteiger partial charge is 0.343 e. The highest BCUT2D eigenvalue weighted by Crippen LogP contribution is 2.27. The topological polar surface area (TPSA) is 67.2 Å². The molecule has 35 heavy (non-hydrogen) atoms. The lowest BCUT2D eigenvalue weighted by molar-refractivity contribution is -0.138. The number of rotatable bonds is 9. The number of nitrogens with one attached hydrogen (secondary N) is 1. The van der Waals surface area contributed by atoms with Gasteiger partial charge in [-0.15, -0.1) is 0 Å². The third kappa shape index (κ3) is 6.15. The number of carbonyl (C=O) groups is 2. The van der Waals surface area contributed by atoms with Crippen molar-refractivity contribution < 1.29 is 14.0 Å². The minimum atomic E-state index is -1.20. The fourth-order valence-corrected chi connectivity index (χ4v) is 4.60. The number of amides is 2. The van der Waals surface area contributed by atoms with Crippen molar-refractivity contribution in [3.8, 4) is 0 Å². The molecule has 0 radical (unpaired) electrons. The molecule has 1 aliphatic rings. The van der Waals surface area contributed by atoms with Gasteiger partial charge in [0.1, 0.15) is 12.2 Å². The van der Waals surface area contributed by atoms with Crippen LogP contribution in [0.5, 0.6) is 0 Å². The summed E-state index contributed by atoms with van der Waals surface area (Å²) >= 11 is 0. The smallest absolute Gasteiger partial charge is 0.243 e. The molecule has 3 atom stereocenters. The predicted molar refractivity (Wildman–Crippen MR) is 133 cm³/mol. The Kier molecular flexibility index (Phi) is 7.95. The van der Waals surface area contributed by atoms with Gasteiger partial charge in [-0.1, -0.05) is 68.4 Å². The van der Waals surface area contributed by atoms with Crippen LogP contribution in [0.4, 0.5) is 4.39 Å². The first-order valence-corrected chi connectivity index (χ1v) is 12.3. The van der Waals surface area contributed by atoms with E-state index in [1.54, 1.807) is 12.5 Å². The van der Waals surface area contributed by atoms with E-state index in [-0.39, 0.29) is 37.2 Å². The second kappa shape index (κ2) is 11.3. The minimum Gasteiger partial charge on any atom is -0.343 e. The first-order valence-electron chi connectivity index (χ1n) is 12.3. The second-order valence-corrected chi connectivity index (χ2v) is 9.47. The Balaban J connectivity index is 1.48. The van der Waals surface area contributed by atoms with Crippen molar-refractivity contribution in [2.75, 3.05) is 6.54 Å². The monoisotopic (exact) mass is 476 g/mol. The van der Waals surface area contributed by atoms with Crippen LogP contribution >= 0.6 is 0 Å².